The first kappa shape index (κ1) is 18.9. The maximum Gasteiger partial charge on any atom is 0.276 e. The second-order valence-corrected chi connectivity index (χ2v) is 7.09. The molecule has 1 amide bonds. The number of rotatable bonds is 5. The van der Waals surface area contributed by atoms with Gasteiger partial charge in [0, 0.05) is 16.7 Å². The number of benzene rings is 2. The molecule has 0 spiro atoms. The quantitative estimate of drug-likeness (QED) is 0.686. The number of carbonyl (C=O) groups is 1. The molecule has 6 heteroatoms. The highest BCUT2D eigenvalue weighted by atomic mass is 32.2. The number of para-hydroxylation sites is 1. The van der Waals surface area contributed by atoms with Gasteiger partial charge in [0.2, 0.25) is 5.43 Å². The van der Waals surface area contributed by atoms with Gasteiger partial charge >= 0.3 is 0 Å². The summed E-state index contributed by atoms with van der Waals surface area (Å²) in [5.74, 6) is -0.480. The van der Waals surface area contributed by atoms with Crippen LogP contribution in [0.15, 0.2) is 70.4 Å². The first-order valence-electron chi connectivity index (χ1n) is 8.61. The average Bonchev–Trinajstić information content (AvgIpc) is 2.68. The van der Waals surface area contributed by atoms with Crippen LogP contribution >= 0.6 is 11.8 Å². The van der Waals surface area contributed by atoms with Crippen molar-refractivity contribution in [1.82, 2.24) is 15.1 Å². The van der Waals surface area contributed by atoms with E-state index < -0.39 is 5.91 Å². The Balaban J connectivity index is 1.86. The summed E-state index contributed by atoms with van der Waals surface area (Å²) >= 11 is 1.66. The zero-order valence-corrected chi connectivity index (χ0v) is 16.3. The number of aryl methyl sites for hydroxylation is 1. The van der Waals surface area contributed by atoms with Gasteiger partial charge in [0.15, 0.2) is 5.69 Å². The molecule has 27 heavy (non-hydrogen) atoms. The molecular formula is C21H21N3O2S. The minimum atomic E-state index is -0.480. The van der Waals surface area contributed by atoms with Crippen molar-refractivity contribution in [3.63, 3.8) is 0 Å². The highest BCUT2D eigenvalue weighted by molar-refractivity contribution is 7.98. The molecule has 2 aromatic carbocycles. The van der Waals surface area contributed by atoms with Crippen molar-refractivity contribution >= 4 is 17.7 Å². The Hall–Kier alpha value is -2.86. The van der Waals surface area contributed by atoms with Crippen molar-refractivity contribution in [3.8, 4) is 5.69 Å². The molecule has 3 rings (SSSR count). The number of nitrogens with zero attached hydrogens (tertiary/aromatic N) is 2. The number of hydrogen-bond donors (Lipinski definition) is 1. The van der Waals surface area contributed by atoms with Crippen LogP contribution in [0.5, 0.6) is 0 Å². The molecule has 3 aromatic rings. The fourth-order valence-electron chi connectivity index (χ4n) is 2.78. The van der Waals surface area contributed by atoms with Crippen LogP contribution in [0.4, 0.5) is 0 Å². The molecule has 1 atom stereocenters. The zero-order valence-electron chi connectivity index (χ0n) is 15.5. The molecular weight excluding hydrogens is 358 g/mol. The Bertz CT molecular complexity index is 998. The van der Waals surface area contributed by atoms with E-state index in [1.807, 2.05) is 67.8 Å². The van der Waals surface area contributed by atoms with Crippen LogP contribution in [0.1, 0.15) is 34.7 Å². The van der Waals surface area contributed by atoms with Crippen LogP contribution < -0.4 is 10.7 Å². The van der Waals surface area contributed by atoms with Crippen LogP contribution in [-0.2, 0) is 0 Å². The van der Waals surface area contributed by atoms with E-state index in [2.05, 4.69) is 10.4 Å². The third-order valence-corrected chi connectivity index (χ3v) is 5.03. The summed E-state index contributed by atoms with van der Waals surface area (Å²) in [6.45, 7) is 3.68. The normalized spacial score (nSPS) is 11.8. The van der Waals surface area contributed by atoms with Gasteiger partial charge in [-0.3, -0.25) is 9.59 Å². The molecule has 0 saturated heterocycles. The summed E-state index contributed by atoms with van der Waals surface area (Å²) in [5, 5.41) is 7.17. The predicted octanol–water partition coefficient (Wildman–Crippen LogP) is 3.75. The van der Waals surface area contributed by atoms with Gasteiger partial charge in [-0.05, 0) is 49.9 Å². The molecule has 0 aliphatic heterocycles. The Kier molecular flexibility index (Phi) is 5.76. The monoisotopic (exact) mass is 379 g/mol. The zero-order chi connectivity index (χ0) is 19.4. The lowest BCUT2D eigenvalue weighted by Gasteiger charge is -2.15. The lowest BCUT2D eigenvalue weighted by molar-refractivity contribution is 0.0932. The number of nitrogens with one attached hydrogen (secondary N) is 1. The Morgan fingerprint density at radius 1 is 1.11 bits per heavy atom. The highest BCUT2D eigenvalue weighted by Gasteiger charge is 2.18. The summed E-state index contributed by atoms with van der Waals surface area (Å²) in [4.78, 5) is 26.2. The van der Waals surface area contributed by atoms with Crippen molar-refractivity contribution in [2.24, 2.45) is 0 Å². The van der Waals surface area contributed by atoms with Gasteiger partial charge in [0.25, 0.3) is 5.91 Å². The van der Waals surface area contributed by atoms with E-state index in [1.165, 1.54) is 6.07 Å². The standard InChI is InChI=1S/C21H21N3O2S/c1-14-13-19(25)20(23-24(14)17-7-5-4-6-8-17)21(26)22-15(2)16-9-11-18(27-3)12-10-16/h4-13,15H,1-3H3,(H,22,26). The summed E-state index contributed by atoms with van der Waals surface area (Å²) in [6, 6.07) is 18.6. The Morgan fingerprint density at radius 3 is 2.41 bits per heavy atom. The van der Waals surface area contributed by atoms with Crippen LogP contribution in [-0.4, -0.2) is 21.9 Å². The summed E-state index contributed by atoms with van der Waals surface area (Å²) < 4.78 is 1.61. The first-order chi connectivity index (χ1) is 13.0. The van der Waals surface area contributed by atoms with Gasteiger partial charge in [-0.1, -0.05) is 30.3 Å². The predicted molar refractivity (Wildman–Crippen MR) is 109 cm³/mol. The van der Waals surface area contributed by atoms with Crippen molar-refractivity contribution in [2.75, 3.05) is 6.26 Å². The molecule has 0 radical (unpaired) electrons. The van der Waals surface area contributed by atoms with E-state index in [0.717, 1.165) is 16.1 Å². The van der Waals surface area contributed by atoms with Crippen LogP contribution in [0.3, 0.4) is 0 Å². The van der Waals surface area contributed by atoms with Gasteiger partial charge in [0.1, 0.15) is 0 Å². The summed E-state index contributed by atoms with van der Waals surface area (Å²) in [7, 11) is 0. The van der Waals surface area contributed by atoms with Gasteiger partial charge < -0.3 is 5.32 Å². The average molecular weight is 379 g/mol. The van der Waals surface area contributed by atoms with Gasteiger partial charge in [-0.2, -0.15) is 5.10 Å². The largest absolute Gasteiger partial charge is 0.344 e. The highest BCUT2D eigenvalue weighted by Crippen LogP contribution is 2.19. The van der Waals surface area contributed by atoms with E-state index >= 15 is 0 Å². The first-order valence-corrected chi connectivity index (χ1v) is 9.83. The van der Waals surface area contributed by atoms with Crippen molar-refractivity contribution in [3.05, 3.63) is 87.8 Å². The lowest BCUT2D eigenvalue weighted by atomic mass is 10.1. The van der Waals surface area contributed by atoms with Crippen LogP contribution in [0, 0.1) is 6.92 Å². The van der Waals surface area contributed by atoms with Crippen molar-refractivity contribution < 1.29 is 4.79 Å². The third-order valence-electron chi connectivity index (χ3n) is 4.29. The van der Waals surface area contributed by atoms with Crippen LogP contribution in [0.25, 0.3) is 5.69 Å². The molecule has 0 bridgehead atoms. The maximum absolute atomic E-state index is 12.7. The Morgan fingerprint density at radius 2 is 1.78 bits per heavy atom. The van der Waals surface area contributed by atoms with Gasteiger partial charge in [-0.15, -0.1) is 11.8 Å². The number of amides is 1. The summed E-state index contributed by atoms with van der Waals surface area (Å²) in [5.41, 5.74) is 1.93. The van der Waals surface area contributed by atoms with Crippen LogP contribution in [0.2, 0.25) is 0 Å². The summed E-state index contributed by atoms with van der Waals surface area (Å²) in [6.07, 6.45) is 2.01. The second kappa shape index (κ2) is 8.22. The topological polar surface area (TPSA) is 64.0 Å². The van der Waals surface area contributed by atoms with E-state index in [9.17, 15) is 9.59 Å². The van der Waals surface area contributed by atoms with E-state index in [1.54, 1.807) is 23.4 Å². The van der Waals surface area contributed by atoms with Gasteiger partial charge in [0.05, 0.1) is 11.7 Å². The molecule has 0 aliphatic carbocycles. The molecule has 5 nitrogen and oxygen atoms in total. The van der Waals surface area contributed by atoms with E-state index in [4.69, 9.17) is 0 Å². The minimum absolute atomic E-state index is 0.114. The molecule has 0 fully saturated rings. The smallest absolute Gasteiger partial charge is 0.276 e. The molecule has 0 saturated carbocycles. The number of hydrogen-bond acceptors (Lipinski definition) is 4. The van der Waals surface area contributed by atoms with E-state index in [-0.39, 0.29) is 17.2 Å². The lowest BCUT2D eigenvalue weighted by Crippen LogP contribution is -2.33. The second-order valence-electron chi connectivity index (χ2n) is 6.21. The van der Waals surface area contributed by atoms with E-state index in [0.29, 0.717) is 5.69 Å². The molecule has 0 aliphatic rings. The van der Waals surface area contributed by atoms with Crippen molar-refractivity contribution in [1.29, 1.82) is 0 Å². The Labute approximate surface area is 162 Å². The molecule has 1 unspecified atom stereocenters. The molecule has 1 aromatic heterocycles. The SMILES string of the molecule is CSc1ccc(C(C)NC(=O)c2nn(-c3ccccc3)c(C)cc2=O)cc1. The number of carbonyl (C=O) groups excluding carboxylic acids is 1. The third kappa shape index (κ3) is 4.28. The molecule has 1 N–H and O–H groups in total. The van der Waals surface area contributed by atoms with Gasteiger partial charge in [-0.25, -0.2) is 4.68 Å². The van der Waals surface area contributed by atoms with Crippen molar-refractivity contribution in [2.45, 2.75) is 24.8 Å². The maximum atomic E-state index is 12.7. The number of aromatic nitrogens is 2. The molecule has 1 heterocycles. The fraction of sp³-hybridized carbons (Fsp3) is 0.190. The molecule has 138 valence electrons. The minimum Gasteiger partial charge on any atom is -0.344 e. The fourth-order valence-corrected chi connectivity index (χ4v) is 3.18. The number of thioether (sulfide) groups is 1.